The highest BCUT2D eigenvalue weighted by molar-refractivity contribution is 5.79. The summed E-state index contributed by atoms with van der Waals surface area (Å²) in [7, 11) is 5.98. The number of hydrogen-bond acceptors (Lipinski definition) is 3. The first kappa shape index (κ1) is 17.7. The molecule has 2 N–H and O–H groups in total. The van der Waals surface area contributed by atoms with Crippen molar-refractivity contribution in [3.63, 3.8) is 0 Å². The number of nitrogens with one attached hydrogen (secondary N) is 2. The Labute approximate surface area is 137 Å². The largest absolute Gasteiger partial charge is 0.381 e. The summed E-state index contributed by atoms with van der Waals surface area (Å²) < 4.78 is 18.4. The van der Waals surface area contributed by atoms with Gasteiger partial charge in [-0.1, -0.05) is 12.1 Å². The average Bonchev–Trinajstić information content (AvgIpc) is 2.57. The minimum atomic E-state index is -0.219. The van der Waals surface area contributed by atoms with Gasteiger partial charge in [0.1, 0.15) is 5.82 Å². The number of aliphatic imine (C=N–C) groups is 1. The zero-order valence-electron chi connectivity index (χ0n) is 14.2. The number of rotatable bonds is 5. The maximum atomic E-state index is 12.9. The molecule has 23 heavy (non-hydrogen) atoms. The predicted octanol–water partition coefficient (Wildman–Crippen LogP) is 1.60. The van der Waals surface area contributed by atoms with Crippen molar-refractivity contribution in [2.75, 3.05) is 40.9 Å². The summed E-state index contributed by atoms with van der Waals surface area (Å²) in [6, 6.07) is 6.48. The van der Waals surface area contributed by atoms with Gasteiger partial charge in [0, 0.05) is 38.9 Å². The van der Waals surface area contributed by atoms with Gasteiger partial charge in [-0.3, -0.25) is 4.99 Å². The molecule has 1 heterocycles. The molecule has 0 atom stereocenters. The van der Waals surface area contributed by atoms with Gasteiger partial charge >= 0.3 is 0 Å². The molecule has 5 nitrogen and oxygen atoms in total. The van der Waals surface area contributed by atoms with E-state index in [1.807, 2.05) is 0 Å². The summed E-state index contributed by atoms with van der Waals surface area (Å²) in [4.78, 5) is 6.54. The van der Waals surface area contributed by atoms with E-state index < -0.39 is 0 Å². The molecule has 0 unspecified atom stereocenters. The van der Waals surface area contributed by atoms with Crippen molar-refractivity contribution in [2.45, 2.75) is 24.9 Å². The molecule has 0 radical (unpaired) electrons. The lowest BCUT2D eigenvalue weighted by atomic mass is 9.88. The van der Waals surface area contributed by atoms with Gasteiger partial charge in [-0.15, -0.1) is 0 Å². The molecule has 128 valence electrons. The summed E-state index contributed by atoms with van der Waals surface area (Å²) in [6.45, 7) is 3.01. The quantitative estimate of drug-likeness (QED) is 0.639. The van der Waals surface area contributed by atoms with Crippen LogP contribution in [0.25, 0.3) is 0 Å². The van der Waals surface area contributed by atoms with Crippen LogP contribution >= 0.6 is 0 Å². The number of nitrogens with zero attached hydrogens (tertiary/aromatic N) is 2. The number of benzene rings is 1. The molecule has 1 fully saturated rings. The van der Waals surface area contributed by atoms with Gasteiger partial charge in [0.2, 0.25) is 0 Å². The number of hydrogen-bond donors (Lipinski definition) is 2. The second-order valence-electron chi connectivity index (χ2n) is 6.14. The van der Waals surface area contributed by atoms with Gasteiger partial charge in [-0.05, 0) is 44.6 Å². The third-order valence-corrected chi connectivity index (χ3v) is 4.55. The van der Waals surface area contributed by atoms with Crippen LogP contribution in [-0.2, 0) is 11.3 Å². The first-order valence-electron chi connectivity index (χ1n) is 8.00. The van der Waals surface area contributed by atoms with Crippen molar-refractivity contribution in [3.8, 4) is 0 Å². The Morgan fingerprint density at radius 3 is 2.43 bits per heavy atom. The van der Waals surface area contributed by atoms with Crippen LogP contribution in [0, 0.1) is 5.82 Å². The SMILES string of the molecule is CN=C(NCc1ccc(F)cc1)NCC1(N(C)C)CCOCC1. The summed E-state index contributed by atoms with van der Waals surface area (Å²) in [5.74, 6) is 0.533. The Balaban J connectivity index is 1.87. The van der Waals surface area contributed by atoms with Gasteiger partial charge < -0.3 is 20.3 Å². The normalized spacial score (nSPS) is 18.0. The number of halogens is 1. The molecule has 1 saturated heterocycles. The highest BCUT2D eigenvalue weighted by Gasteiger charge is 2.34. The van der Waals surface area contributed by atoms with Crippen LogP contribution in [0.5, 0.6) is 0 Å². The van der Waals surface area contributed by atoms with Gasteiger partial charge in [0.25, 0.3) is 0 Å². The van der Waals surface area contributed by atoms with E-state index in [9.17, 15) is 4.39 Å². The topological polar surface area (TPSA) is 48.9 Å². The van der Waals surface area contributed by atoms with Gasteiger partial charge in [0.05, 0.1) is 0 Å². The van der Waals surface area contributed by atoms with E-state index in [-0.39, 0.29) is 11.4 Å². The summed E-state index contributed by atoms with van der Waals surface area (Å²) in [5, 5.41) is 6.68. The van der Waals surface area contributed by atoms with Crippen molar-refractivity contribution >= 4 is 5.96 Å². The lowest BCUT2D eigenvalue weighted by Gasteiger charge is -2.43. The smallest absolute Gasteiger partial charge is 0.191 e. The van der Waals surface area contributed by atoms with E-state index in [1.54, 1.807) is 19.2 Å². The molecule has 6 heteroatoms. The van der Waals surface area contributed by atoms with Gasteiger partial charge in [-0.2, -0.15) is 0 Å². The van der Waals surface area contributed by atoms with Crippen LogP contribution in [0.1, 0.15) is 18.4 Å². The van der Waals surface area contributed by atoms with Crippen molar-refractivity contribution in [2.24, 2.45) is 4.99 Å². The standard InChI is InChI=1S/C17H27FN4O/c1-19-16(20-12-14-4-6-15(18)7-5-14)21-13-17(22(2)3)8-10-23-11-9-17/h4-7H,8-13H2,1-3H3,(H2,19,20,21). The molecular formula is C17H27FN4O. The Kier molecular flexibility index (Phi) is 6.36. The second kappa shape index (κ2) is 8.26. The van der Waals surface area contributed by atoms with Crippen LogP contribution in [0.2, 0.25) is 0 Å². The molecule has 0 amide bonds. The van der Waals surface area contributed by atoms with Crippen LogP contribution in [0.4, 0.5) is 4.39 Å². The van der Waals surface area contributed by atoms with Crippen LogP contribution in [-0.4, -0.2) is 57.3 Å². The molecule has 0 bridgehead atoms. The lowest BCUT2D eigenvalue weighted by Crippen LogP contribution is -2.57. The first-order chi connectivity index (χ1) is 11.1. The molecular weight excluding hydrogens is 295 g/mol. The van der Waals surface area contributed by atoms with Gasteiger partial charge in [-0.25, -0.2) is 4.39 Å². The van der Waals surface area contributed by atoms with Crippen molar-refractivity contribution in [3.05, 3.63) is 35.6 Å². The minimum absolute atomic E-state index is 0.0890. The summed E-state index contributed by atoms with van der Waals surface area (Å²) in [6.07, 6.45) is 2.00. The molecule has 0 aromatic heterocycles. The molecule has 1 aromatic carbocycles. The Morgan fingerprint density at radius 1 is 1.22 bits per heavy atom. The van der Waals surface area contributed by atoms with Crippen molar-refractivity contribution < 1.29 is 9.13 Å². The fraction of sp³-hybridized carbons (Fsp3) is 0.588. The monoisotopic (exact) mass is 322 g/mol. The maximum Gasteiger partial charge on any atom is 0.191 e. The maximum absolute atomic E-state index is 12.9. The average molecular weight is 322 g/mol. The van der Waals surface area contributed by atoms with Crippen molar-refractivity contribution in [1.82, 2.24) is 15.5 Å². The zero-order valence-corrected chi connectivity index (χ0v) is 14.2. The Hall–Kier alpha value is -1.66. The van der Waals surface area contributed by atoms with Crippen LogP contribution in [0.3, 0.4) is 0 Å². The fourth-order valence-corrected chi connectivity index (χ4v) is 2.79. The molecule has 2 rings (SSSR count). The number of likely N-dealkylation sites (N-methyl/N-ethyl adjacent to an activating group) is 1. The molecule has 1 aliphatic rings. The molecule has 0 spiro atoms. The fourth-order valence-electron chi connectivity index (χ4n) is 2.79. The van der Waals surface area contributed by atoms with E-state index >= 15 is 0 Å². The molecule has 1 aliphatic heterocycles. The van der Waals surface area contributed by atoms with E-state index in [0.29, 0.717) is 6.54 Å². The molecule has 0 aliphatic carbocycles. The first-order valence-corrected chi connectivity index (χ1v) is 8.00. The third kappa shape index (κ3) is 4.91. The summed E-state index contributed by atoms with van der Waals surface area (Å²) >= 11 is 0. The predicted molar refractivity (Wildman–Crippen MR) is 91.1 cm³/mol. The lowest BCUT2D eigenvalue weighted by molar-refractivity contribution is -0.00501. The van der Waals surface area contributed by atoms with Crippen molar-refractivity contribution in [1.29, 1.82) is 0 Å². The molecule has 1 aromatic rings. The zero-order chi connectivity index (χ0) is 16.7. The van der Waals surface area contributed by atoms with E-state index in [4.69, 9.17) is 4.74 Å². The Bertz CT molecular complexity index is 510. The second-order valence-corrected chi connectivity index (χ2v) is 6.14. The Morgan fingerprint density at radius 2 is 1.87 bits per heavy atom. The molecule has 0 saturated carbocycles. The van der Waals surface area contributed by atoms with E-state index in [2.05, 4.69) is 34.6 Å². The summed E-state index contributed by atoms with van der Waals surface area (Å²) in [5.41, 5.74) is 1.11. The van der Waals surface area contributed by atoms with E-state index in [0.717, 1.165) is 44.1 Å². The minimum Gasteiger partial charge on any atom is -0.381 e. The third-order valence-electron chi connectivity index (χ3n) is 4.55. The highest BCUT2D eigenvalue weighted by atomic mass is 19.1. The van der Waals surface area contributed by atoms with E-state index in [1.165, 1.54) is 12.1 Å². The highest BCUT2D eigenvalue weighted by Crippen LogP contribution is 2.24. The van der Waals surface area contributed by atoms with Crippen LogP contribution in [0.15, 0.2) is 29.3 Å². The number of ether oxygens (including phenoxy) is 1. The van der Waals surface area contributed by atoms with Gasteiger partial charge in [0.15, 0.2) is 5.96 Å². The number of guanidine groups is 1. The van der Waals surface area contributed by atoms with Crippen LogP contribution < -0.4 is 10.6 Å².